The first-order valence-electron chi connectivity index (χ1n) is 5.99. The number of rotatable bonds is 3. The quantitative estimate of drug-likeness (QED) is 0.790. The zero-order valence-corrected chi connectivity index (χ0v) is 12.6. The summed E-state index contributed by atoms with van der Waals surface area (Å²) < 4.78 is 0.487. The zero-order valence-electron chi connectivity index (χ0n) is 11.1. The maximum absolute atomic E-state index is 12.0. The molecule has 6 nitrogen and oxygen atoms in total. The summed E-state index contributed by atoms with van der Waals surface area (Å²) in [5.74, 6) is -1.12. The summed E-state index contributed by atoms with van der Waals surface area (Å²) >= 11 is 3.23. The van der Waals surface area contributed by atoms with E-state index in [4.69, 9.17) is 5.11 Å². The smallest absolute Gasteiger partial charge is 0.337 e. The fourth-order valence-electron chi connectivity index (χ4n) is 1.69. The van der Waals surface area contributed by atoms with Crippen LogP contribution in [0.3, 0.4) is 0 Å². The van der Waals surface area contributed by atoms with Crippen molar-refractivity contribution < 1.29 is 14.7 Å². The maximum Gasteiger partial charge on any atom is 0.337 e. The molecule has 21 heavy (non-hydrogen) atoms. The second-order valence-corrected chi connectivity index (χ2v) is 5.09. The number of aryl methyl sites for hydroxylation is 1. The molecule has 0 aliphatic heterocycles. The van der Waals surface area contributed by atoms with E-state index in [1.165, 1.54) is 12.3 Å². The fraction of sp³-hybridized carbons (Fsp3) is 0.0714. The van der Waals surface area contributed by atoms with E-state index < -0.39 is 12.0 Å². The number of benzene rings is 1. The van der Waals surface area contributed by atoms with E-state index in [0.717, 1.165) is 5.56 Å². The molecule has 3 N–H and O–H groups in total. The van der Waals surface area contributed by atoms with E-state index in [9.17, 15) is 9.59 Å². The van der Waals surface area contributed by atoms with Crippen LogP contribution in [0.4, 0.5) is 16.2 Å². The van der Waals surface area contributed by atoms with Crippen molar-refractivity contribution in [3.8, 4) is 0 Å². The number of anilines is 2. The number of carboxylic acids is 1. The summed E-state index contributed by atoms with van der Waals surface area (Å²) in [7, 11) is 0. The highest BCUT2D eigenvalue weighted by Crippen LogP contribution is 2.26. The standard InChI is InChI=1S/C14H12BrN3O3/c1-8-5-6-16-7-11(8)17-14(21)18-12-9(13(19)20)3-2-4-10(12)15/h2-7H,1H3,(H,19,20)(H2,17,18,21). The van der Waals surface area contributed by atoms with Crippen LogP contribution in [0.1, 0.15) is 15.9 Å². The van der Waals surface area contributed by atoms with Gasteiger partial charge in [0.1, 0.15) is 0 Å². The summed E-state index contributed by atoms with van der Waals surface area (Å²) in [6.45, 7) is 1.83. The Morgan fingerprint density at radius 1 is 1.24 bits per heavy atom. The average molecular weight is 350 g/mol. The molecule has 108 valence electrons. The van der Waals surface area contributed by atoms with Crippen LogP contribution < -0.4 is 10.6 Å². The number of hydrogen-bond donors (Lipinski definition) is 3. The van der Waals surface area contributed by atoms with Crippen molar-refractivity contribution in [1.82, 2.24) is 4.98 Å². The number of urea groups is 1. The number of carboxylic acid groups (broad SMARTS) is 1. The van der Waals surface area contributed by atoms with Gasteiger partial charge < -0.3 is 15.7 Å². The Bertz CT molecular complexity index is 704. The topological polar surface area (TPSA) is 91.3 Å². The van der Waals surface area contributed by atoms with E-state index in [-0.39, 0.29) is 11.3 Å². The third kappa shape index (κ3) is 3.57. The van der Waals surface area contributed by atoms with Crippen LogP contribution in [0.5, 0.6) is 0 Å². The number of nitrogens with one attached hydrogen (secondary N) is 2. The van der Waals surface area contributed by atoms with Crippen LogP contribution in [0.15, 0.2) is 41.1 Å². The summed E-state index contributed by atoms with van der Waals surface area (Å²) in [5.41, 5.74) is 1.61. The van der Waals surface area contributed by atoms with Gasteiger partial charge in [0.15, 0.2) is 0 Å². The van der Waals surface area contributed by atoms with Crippen molar-refractivity contribution in [2.75, 3.05) is 10.6 Å². The maximum atomic E-state index is 12.0. The number of nitrogens with zero attached hydrogens (tertiary/aromatic N) is 1. The second-order valence-electron chi connectivity index (χ2n) is 4.24. The third-order valence-corrected chi connectivity index (χ3v) is 3.43. The molecule has 0 bridgehead atoms. The Kier molecular flexibility index (Phi) is 4.54. The first kappa shape index (κ1) is 15.0. The van der Waals surface area contributed by atoms with Crippen molar-refractivity contribution >= 4 is 39.3 Å². The molecule has 2 rings (SSSR count). The molecule has 0 fully saturated rings. The molecule has 0 saturated carbocycles. The number of hydrogen-bond acceptors (Lipinski definition) is 3. The molecule has 0 aliphatic carbocycles. The Hall–Kier alpha value is -2.41. The Morgan fingerprint density at radius 3 is 2.67 bits per heavy atom. The number of carbonyl (C=O) groups excluding carboxylic acids is 1. The summed E-state index contributed by atoms with van der Waals surface area (Å²) in [4.78, 5) is 27.1. The lowest BCUT2D eigenvalue weighted by Crippen LogP contribution is -2.22. The van der Waals surface area contributed by atoms with Crippen LogP contribution in [0.25, 0.3) is 0 Å². The van der Waals surface area contributed by atoms with Crippen LogP contribution in [0.2, 0.25) is 0 Å². The molecule has 0 saturated heterocycles. The Labute approximate surface area is 129 Å². The number of para-hydroxylation sites is 1. The van der Waals surface area contributed by atoms with Crippen LogP contribution >= 0.6 is 15.9 Å². The fourth-order valence-corrected chi connectivity index (χ4v) is 2.16. The SMILES string of the molecule is Cc1ccncc1NC(=O)Nc1c(Br)cccc1C(=O)O. The molecular formula is C14H12BrN3O3. The largest absolute Gasteiger partial charge is 0.478 e. The van der Waals surface area contributed by atoms with E-state index in [1.807, 2.05) is 6.92 Å². The second kappa shape index (κ2) is 6.36. The van der Waals surface area contributed by atoms with Crippen molar-refractivity contribution in [3.05, 3.63) is 52.3 Å². The molecular weight excluding hydrogens is 338 g/mol. The molecule has 0 atom stereocenters. The van der Waals surface area contributed by atoms with Gasteiger partial charge in [-0.3, -0.25) is 4.98 Å². The lowest BCUT2D eigenvalue weighted by Gasteiger charge is -2.12. The normalized spacial score (nSPS) is 10.0. The Morgan fingerprint density at radius 2 is 2.00 bits per heavy atom. The third-order valence-electron chi connectivity index (χ3n) is 2.77. The molecule has 2 amide bonds. The van der Waals surface area contributed by atoms with Gasteiger partial charge in [0, 0.05) is 10.7 Å². The first-order valence-corrected chi connectivity index (χ1v) is 6.78. The molecule has 0 aliphatic rings. The molecule has 1 aromatic heterocycles. The molecule has 0 radical (unpaired) electrons. The van der Waals surface area contributed by atoms with Crippen LogP contribution in [0, 0.1) is 6.92 Å². The average Bonchev–Trinajstić information content (AvgIpc) is 2.43. The minimum atomic E-state index is -1.12. The van der Waals surface area contributed by atoms with Gasteiger partial charge in [0.2, 0.25) is 0 Å². The first-order chi connectivity index (χ1) is 9.99. The number of aromatic carboxylic acids is 1. The predicted octanol–water partition coefficient (Wildman–Crippen LogP) is 3.49. The highest BCUT2D eigenvalue weighted by Gasteiger charge is 2.15. The van der Waals surface area contributed by atoms with Crippen molar-refractivity contribution in [2.45, 2.75) is 6.92 Å². The van der Waals surface area contributed by atoms with Gasteiger partial charge in [-0.2, -0.15) is 0 Å². The minimum Gasteiger partial charge on any atom is -0.478 e. The highest BCUT2D eigenvalue weighted by molar-refractivity contribution is 9.10. The van der Waals surface area contributed by atoms with Gasteiger partial charge >= 0.3 is 12.0 Å². The monoisotopic (exact) mass is 349 g/mol. The molecule has 1 heterocycles. The molecule has 1 aromatic carbocycles. The molecule has 2 aromatic rings. The van der Waals surface area contributed by atoms with E-state index in [0.29, 0.717) is 10.2 Å². The van der Waals surface area contributed by atoms with Crippen molar-refractivity contribution in [1.29, 1.82) is 0 Å². The van der Waals surface area contributed by atoms with E-state index >= 15 is 0 Å². The van der Waals surface area contributed by atoms with Gasteiger partial charge in [-0.1, -0.05) is 6.07 Å². The molecule has 7 heteroatoms. The summed E-state index contributed by atoms with van der Waals surface area (Å²) in [6.07, 6.45) is 3.14. The van der Waals surface area contributed by atoms with Crippen molar-refractivity contribution in [2.24, 2.45) is 0 Å². The summed E-state index contributed by atoms with van der Waals surface area (Å²) in [6, 6.07) is 5.87. The van der Waals surface area contributed by atoms with E-state index in [1.54, 1.807) is 24.4 Å². The lowest BCUT2D eigenvalue weighted by molar-refractivity contribution is 0.0698. The Balaban J connectivity index is 2.21. The van der Waals surface area contributed by atoms with Gasteiger partial charge in [0.05, 0.1) is 23.1 Å². The molecule has 0 spiro atoms. The van der Waals surface area contributed by atoms with Gasteiger partial charge in [0.25, 0.3) is 0 Å². The van der Waals surface area contributed by atoms with Crippen LogP contribution in [-0.4, -0.2) is 22.1 Å². The van der Waals surface area contributed by atoms with E-state index in [2.05, 4.69) is 31.5 Å². The number of pyridine rings is 1. The number of carbonyl (C=O) groups is 2. The summed E-state index contributed by atoms with van der Waals surface area (Å²) in [5, 5.41) is 14.3. The highest BCUT2D eigenvalue weighted by atomic mass is 79.9. The minimum absolute atomic E-state index is 0.00225. The van der Waals surface area contributed by atoms with Gasteiger partial charge in [-0.15, -0.1) is 0 Å². The van der Waals surface area contributed by atoms with Crippen LogP contribution in [-0.2, 0) is 0 Å². The molecule has 0 unspecified atom stereocenters. The lowest BCUT2D eigenvalue weighted by atomic mass is 10.2. The number of halogens is 1. The zero-order chi connectivity index (χ0) is 15.4. The van der Waals surface area contributed by atoms with Gasteiger partial charge in [-0.25, -0.2) is 9.59 Å². The predicted molar refractivity (Wildman–Crippen MR) is 82.7 cm³/mol. The number of aromatic nitrogens is 1. The van der Waals surface area contributed by atoms with Gasteiger partial charge in [-0.05, 0) is 46.6 Å². The number of amides is 2. The van der Waals surface area contributed by atoms with Crippen molar-refractivity contribution in [3.63, 3.8) is 0 Å².